The van der Waals surface area contributed by atoms with Crippen molar-refractivity contribution in [2.24, 2.45) is 0 Å². The topological polar surface area (TPSA) is 96.0 Å². The molecule has 1 atom stereocenters. The Bertz CT molecular complexity index is 1480. The van der Waals surface area contributed by atoms with Crippen molar-refractivity contribution < 1.29 is 27.1 Å². The lowest BCUT2D eigenvalue weighted by atomic mass is 10.0. The average Bonchev–Trinajstić information content (AvgIpc) is 3.59. The zero-order valence-corrected chi connectivity index (χ0v) is 27.0. The molecule has 0 aliphatic carbocycles. The normalized spacial score (nSPS) is 14.4. The van der Waals surface area contributed by atoms with Crippen molar-refractivity contribution in [1.29, 1.82) is 0 Å². The molecule has 0 spiro atoms. The Morgan fingerprint density at radius 2 is 1.56 bits per heavy atom. The van der Waals surface area contributed by atoms with Crippen molar-refractivity contribution in [1.82, 2.24) is 14.5 Å². The Hall–Kier alpha value is -3.60. The number of sulfonamides is 1. The van der Waals surface area contributed by atoms with Crippen molar-refractivity contribution >= 4 is 21.8 Å². The maximum atomic E-state index is 13.9. The van der Waals surface area contributed by atoms with Crippen LogP contribution >= 0.6 is 0 Å². The van der Waals surface area contributed by atoms with Crippen LogP contribution in [0.5, 0.6) is 0 Å². The number of benzene rings is 3. The van der Waals surface area contributed by atoms with Gasteiger partial charge in [-0.1, -0.05) is 54.6 Å². The number of carbonyl (C=O) groups excluding carboxylic acids is 2. The van der Waals surface area contributed by atoms with Crippen molar-refractivity contribution in [3.8, 4) is 0 Å². The first-order chi connectivity index (χ1) is 21.6. The Kier molecular flexibility index (Phi) is 12.7. The van der Waals surface area contributed by atoms with Gasteiger partial charge < -0.3 is 15.0 Å². The van der Waals surface area contributed by atoms with Crippen LogP contribution < -0.4 is 5.32 Å². The minimum atomic E-state index is -3.53. The molecule has 2 amide bonds. The lowest BCUT2D eigenvalue weighted by Crippen LogP contribution is -2.50. The highest BCUT2D eigenvalue weighted by molar-refractivity contribution is 7.89. The van der Waals surface area contributed by atoms with Gasteiger partial charge in [0.05, 0.1) is 11.0 Å². The number of hydrogen-bond donors (Lipinski definition) is 1. The van der Waals surface area contributed by atoms with Crippen LogP contribution in [0.1, 0.15) is 56.2 Å². The Balaban J connectivity index is 1.52. The number of carbonyl (C=O) groups is 2. The van der Waals surface area contributed by atoms with Gasteiger partial charge in [0.25, 0.3) is 0 Å². The first-order valence-electron chi connectivity index (χ1n) is 15.7. The zero-order chi connectivity index (χ0) is 32.2. The first kappa shape index (κ1) is 34.3. The molecule has 10 heteroatoms. The van der Waals surface area contributed by atoms with Crippen LogP contribution in [-0.2, 0) is 43.7 Å². The predicted octanol–water partition coefficient (Wildman–Crippen LogP) is 5.11. The molecule has 1 fully saturated rings. The lowest BCUT2D eigenvalue weighted by Gasteiger charge is -2.32. The van der Waals surface area contributed by atoms with Crippen LogP contribution in [0.15, 0.2) is 83.8 Å². The highest BCUT2D eigenvalue weighted by Gasteiger charge is 2.30. The van der Waals surface area contributed by atoms with E-state index in [4.69, 9.17) is 4.74 Å². The first-order valence-corrected chi connectivity index (χ1v) is 17.1. The van der Waals surface area contributed by atoms with Crippen molar-refractivity contribution in [3.63, 3.8) is 0 Å². The minimum absolute atomic E-state index is 0.0982. The fraction of sp³-hybridized carbons (Fsp3) is 0.429. The quantitative estimate of drug-likeness (QED) is 0.220. The molecule has 45 heavy (non-hydrogen) atoms. The standard InChI is InChI=1S/C35H44FN3O5S/c1-27(2)44-24-8-21-37-35(41)33(25-29-9-4-3-5-10-29)39(26-30-11-16-31(36)17-12-30)34(40)20-15-28-13-18-32(19-14-28)45(42,43)38-22-6-7-23-38/h3-5,9-14,16-19,27,33H,6-8,15,20-26H2,1-2H3,(H,37,41)/t33-/m1/s1. The smallest absolute Gasteiger partial charge is 0.243 e. The zero-order valence-electron chi connectivity index (χ0n) is 26.2. The van der Waals surface area contributed by atoms with Gasteiger partial charge in [-0.05, 0) is 80.5 Å². The predicted molar refractivity (Wildman–Crippen MR) is 172 cm³/mol. The molecule has 1 aliphatic rings. The molecule has 0 unspecified atom stereocenters. The number of hydrogen-bond acceptors (Lipinski definition) is 5. The molecule has 0 radical (unpaired) electrons. The molecule has 1 aliphatic heterocycles. The molecule has 1 N–H and O–H groups in total. The number of ether oxygens (including phenoxy) is 1. The largest absolute Gasteiger partial charge is 0.379 e. The highest BCUT2D eigenvalue weighted by atomic mass is 32.2. The molecule has 4 rings (SSSR count). The van der Waals surface area contributed by atoms with Crippen molar-refractivity contribution in [2.45, 2.75) is 76.0 Å². The molecular formula is C35H44FN3O5S. The third-order valence-corrected chi connectivity index (χ3v) is 9.78. The van der Waals surface area contributed by atoms with Crippen molar-refractivity contribution in [3.05, 3.63) is 101 Å². The van der Waals surface area contributed by atoms with E-state index in [9.17, 15) is 22.4 Å². The second-order valence-electron chi connectivity index (χ2n) is 11.7. The summed E-state index contributed by atoms with van der Waals surface area (Å²) in [5.74, 6) is -0.878. The van der Waals surface area contributed by atoms with Gasteiger partial charge >= 0.3 is 0 Å². The van der Waals surface area contributed by atoms with Gasteiger partial charge in [0.2, 0.25) is 21.8 Å². The maximum absolute atomic E-state index is 13.9. The van der Waals surface area contributed by atoms with Gasteiger partial charge in [-0.25, -0.2) is 12.8 Å². The number of halogens is 1. The Morgan fingerprint density at radius 1 is 0.911 bits per heavy atom. The highest BCUT2D eigenvalue weighted by Crippen LogP contribution is 2.22. The van der Waals surface area contributed by atoms with E-state index in [-0.39, 0.29) is 41.6 Å². The summed E-state index contributed by atoms with van der Waals surface area (Å²) in [5, 5.41) is 2.99. The van der Waals surface area contributed by atoms with Crippen molar-refractivity contribution in [2.75, 3.05) is 26.2 Å². The average molecular weight is 638 g/mol. The number of nitrogens with zero attached hydrogens (tertiary/aromatic N) is 2. The van der Waals surface area contributed by atoms with E-state index in [1.54, 1.807) is 41.3 Å². The summed E-state index contributed by atoms with van der Waals surface area (Å²) >= 11 is 0. The summed E-state index contributed by atoms with van der Waals surface area (Å²) in [5.41, 5.74) is 2.43. The van der Waals surface area contributed by atoms with E-state index >= 15 is 0 Å². The third-order valence-electron chi connectivity index (χ3n) is 7.86. The summed E-state index contributed by atoms with van der Waals surface area (Å²) in [7, 11) is -3.53. The van der Waals surface area contributed by atoms with E-state index in [1.807, 2.05) is 44.2 Å². The molecule has 0 aromatic heterocycles. The molecule has 0 bridgehead atoms. The Labute approximate surface area is 266 Å². The number of nitrogens with one attached hydrogen (secondary N) is 1. The third kappa shape index (κ3) is 10.2. The Morgan fingerprint density at radius 3 is 2.20 bits per heavy atom. The molecule has 1 saturated heterocycles. The van der Waals surface area contributed by atoms with Crippen LogP contribution in [0.4, 0.5) is 4.39 Å². The van der Waals surface area contributed by atoms with Gasteiger partial charge in [0.1, 0.15) is 11.9 Å². The van der Waals surface area contributed by atoms with E-state index in [0.717, 1.165) is 24.0 Å². The molecule has 0 saturated carbocycles. The summed E-state index contributed by atoms with van der Waals surface area (Å²) in [6.07, 6.45) is 3.26. The van der Waals surface area contributed by atoms with Gasteiger partial charge in [0, 0.05) is 45.6 Å². The molecule has 3 aromatic rings. The van der Waals surface area contributed by atoms with Crippen LogP contribution in [-0.4, -0.2) is 67.8 Å². The SMILES string of the molecule is CC(C)OCCCNC(=O)[C@@H](Cc1ccccc1)N(Cc1ccc(F)cc1)C(=O)CCc1ccc(S(=O)(=O)N2CCCC2)cc1. The second kappa shape index (κ2) is 16.6. The van der Waals surface area contributed by atoms with Gasteiger partial charge in [0.15, 0.2) is 0 Å². The van der Waals surface area contributed by atoms with E-state index in [1.165, 1.54) is 16.4 Å². The van der Waals surface area contributed by atoms with Gasteiger partial charge in [-0.3, -0.25) is 9.59 Å². The second-order valence-corrected chi connectivity index (χ2v) is 13.6. The van der Waals surface area contributed by atoms with E-state index < -0.39 is 16.1 Å². The number of aryl methyl sites for hydroxylation is 1. The maximum Gasteiger partial charge on any atom is 0.243 e. The molecule has 8 nitrogen and oxygen atoms in total. The lowest BCUT2D eigenvalue weighted by molar-refractivity contribution is -0.141. The van der Waals surface area contributed by atoms with Crippen LogP contribution in [0.2, 0.25) is 0 Å². The number of rotatable bonds is 16. The van der Waals surface area contributed by atoms with Gasteiger partial charge in [-0.2, -0.15) is 4.31 Å². The van der Waals surface area contributed by atoms with Crippen LogP contribution in [0.3, 0.4) is 0 Å². The minimum Gasteiger partial charge on any atom is -0.379 e. The fourth-order valence-corrected chi connectivity index (χ4v) is 6.88. The van der Waals surface area contributed by atoms with Crippen LogP contribution in [0, 0.1) is 5.82 Å². The summed E-state index contributed by atoms with van der Waals surface area (Å²) in [6, 6.07) is 21.3. The van der Waals surface area contributed by atoms with Gasteiger partial charge in [-0.15, -0.1) is 0 Å². The summed E-state index contributed by atoms with van der Waals surface area (Å²) in [4.78, 5) is 29.4. The van der Waals surface area contributed by atoms with Crippen LogP contribution in [0.25, 0.3) is 0 Å². The summed E-state index contributed by atoms with van der Waals surface area (Å²) < 4.78 is 46.7. The molecule has 3 aromatic carbocycles. The molecule has 1 heterocycles. The molecule has 242 valence electrons. The fourth-order valence-electron chi connectivity index (χ4n) is 5.36. The molecular weight excluding hydrogens is 593 g/mol. The van der Waals surface area contributed by atoms with E-state index in [0.29, 0.717) is 51.1 Å². The monoisotopic (exact) mass is 637 g/mol. The summed E-state index contributed by atoms with van der Waals surface area (Å²) in [6.45, 7) is 6.03. The number of amides is 2. The van der Waals surface area contributed by atoms with E-state index in [2.05, 4.69) is 5.32 Å².